The molecule has 3 nitrogen and oxygen atoms in total. The van der Waals surface area contributed by atoms with E-state index in [0.29, 0.717) is 6.54 Å². The van der Waals surface area contributed by atoms with E-state index in [1.807, 2.05) is 18.2 Å². The van der Waals surface area contributed by atoms with Crippen LogP contribution in [0.4, 0.5) is 5.69 Å². The highest BCUT2D eigenvalue weighted by Crippen LogP contribution is 2.11. The van der Waals surface area contributed by atoms with E-state index in [1.165, 1.54) is 0 Å². The molecule has 0 spiro atoms. The lowest BCUT2D eigenvalue weighted by Gasteiger charge is -1.99. The Morgan fingerprint density at radius 1 is 1.73 bits per heavy atom. The standard InChI is InChI=1S/C7H6BrN3/c8-7-5-6(1-3-11-7)10-4-2-9/h1,3,5H,4H2,(H,10,11). The number of hydrogen-bond donors (Lipinski definition) is 1. The minimum Gasteiger partial charge on any atom is -0.372 e. The van der Waals surface area contributed by atoms with Crippen LogP contribution in [0, 0.1) is 11.3 Å². The van der Waals surface area contributed by atoms with Gasteiger partial charge in [-0.2, -0.15) is 5.26 Å². The smallest absolute Gasteiger partial charge is 0.108 e. The number of aromatic nitrogens is 1. The van der Waals surface area contributed by atoms with Gasteiger partial charge in [0.05, 0.1) is 6.07 Å². The number of nitrogens with zero attached hydrogens (tertiary/aromatic N) is 2. The van der Waals surface area contributed by atoms with Gasteiger partial charge in [0, 0.05) is 11.9 Å². The maximum Gasteiger partial charge on any atom is 0.108 e. The van der Waals surface area contributed by atoms with Gasteiger partial charge in [-0.05, 0) is 28.1 Å². The van der Waals surface area contributed by atoms with Gasteiger partial charge in [-0.3, -0.25) is 0 Å². The lowest BCUT2D eigenvalue weighted by atomic mass is 10.4. The third-order valence-electron chi connectivity index (χ3n) is 1.10. The van der Waals surface area contributed by atoms with Gasteiger partial charge >= 0.3 is 0 Å². The van der Waals surface area contributed by atoms with E-state index in [2.05, 4.69) is 26.2 Å². The number of halogens is 1. The average Bonchev–Trinajstić information content (AvgIpc) is 2.01. The fourth-order valence-corrected chi connectivity index (χ4v) is 1.02. The zero-order valence-electron chi connectivity index (χ0n) is 5.71. The summed E-state index contributed by atoms with van der Waals surface area (Å²) >= 11 is 3.22. The van der Waals surface area contributed by atoms with E-state index in [9.17, 15) is 0 Å². The second-order valence-electron chi connectivity index (χ2n) is 1.88. The van der Waals surface area contributed by atoms with Crippen LogP contribution in [0.3, 0.4) is 0 Å². The molecule has 1 aromatic heterocycles. The van der Waals surface area contributed by atoms with Crippen molar-refractivity contribution in [2.24, 2.45) is 0 Å². The number of rotatable bonds is 2. The lowest BCUT2D eigenvalue weighted by molar-refractivity contribution is 1.25. The molecule has 1 rings (SSSR count). The summed E-state index contributed by atoms with van der Waals surface area (Å²) in [6.07, 6.45) is 1.67. The van der Waals surface area contributed by atoms with Crippen molar-refractivity contribution >= 4 is 21.6 Å². The Labute approximate surface area is 73.2 Å². The summed E-state index contributed by atoms with van der Waals surface area (Å²) < 4.78 is 0.764. The van der Waals surface area contributed by atoms with Gasteiger partial charge in [-0.1, -0.05) is 0 Å². The van der Waals surface area contributed by atoms with Crippen molar-refractivity contribution in [3.05, 3.63) is 22.9 Å². The van der Waals surface area contributed by atoms with Crippen LogP contribution in [0.25, 0.3) is 0 Å². The van der Waals surface area contributed by atoms with Crippen molar-refractivity contribution in [1.82, 2.24) is 4.98 Å². The molecule has 0 aromatic carbocycles. The van der Waals surface area contributed by atoms with E-state index >= 15 is 0 Å². The number of anilines is 1. The quantitative estimate of drug-likeness (QED) is 0.600. The fourth-order valence-electron chi connectivity index (χ4n) is 0.654. The number of hydrogen-bond acceptors (Lipinski definition) is 3. The normalized spacial score (nSPS) is 8.73. The molecular formula is C7H6BrN3. The largest absolute Gasteiger partial charge is 0.372 e. The van der Waals surface area contributed by atoms with Crippen LogP contribution in [-0.4, -0.2) is 11.5 Å². The summed E-state index contributed by atoms with van der Waals surface area (Å²) in [5.41, 5.74) is 0.897. The van der Waals surface area contributed by atoms with Crippen molar-refractivity contribution in [2.45, 2.75) is 0 Å². The summed E-state index contributed by atoms with van der Waals surface area (Å²) in [4.78, 5) is 3.94. The third-order valence-corrected chi connectivity index (χ3v) is 1.53. The minimum absolute atomic E-state index is 0.316. The molecule has 0 unspecified atom stereocenters. The molecular weight excluding hydrogens is 206 g/mol. The fraction of sp³-hybridized carbons (Fsp3) is 0.143. The monoisotopic (exact) mass is 211 g/mol. The topological polar surface area (TPSA) is 48.7 Å². The van der Waals surface area contributed by atoms with Gasteiger partial charge in [-0.15, -0.1) is 0 Å². The molecule has 1 heterocycles. The van der Waals surface area contributed by atoms with Crippen LogP contribution in [0.1, 0.15) is 0 Å². The summed E-state index contributed by atoms with van der Waals surface area (Å²) in [5.74, 6) is 0. The highest BCUT2D eigenvalue weighted by atomic mass is 79.9. The Bertz CT molecular complexity index is 279. The Balaban J connectivity index is 2.65. The summed E-state index contributed by atoms with van der Waals surface area (Å²) in [5, 5.41) is 11.2. The third kappa shape index (κ3) is 2.56. The van der Waals surface area contributed by atoms with E-state index in [-0.39, 0.29) is 0 Å². The molecule has 0 saturated carbocycles. The van der Waals surface area contributed by atoms with Crippen LogP contribution in [0.15, 0.2) is 22.9 Å². The van der Waals surface area contributed by atoms with Crippen molar-refractivity contribution < 1.29 is 0 Å². The number of nitriles is 1. The maximum atomic E-state index is 8.26. The molecule has 0 saturated heterocycles. The van der Waals surface area contributed by atoms with E-state index in [0.717, 1.165) is 10.3 Å². The van der Waals surface area contributed by atoms with Gasteiger partial charge < -0.3 is 5.32 Å². The molecule has 0 atom stereocenters. The second kappa shape index (κ2) is 3.94. The molecule has 0 radical (unpaired) electrons. The number of nitrogens with one attached hydrogen (secondary N) is 1. The first-order valence-electron chi connectivity index (χ1n) is 3.05. The van der Waals surface area contributed by atoms with Crippen LogP contribution in [0.5, 0.6) is 0 Å². The summed E-state index contributed by atoms with van der Waals surface area (Å²) in [6, 6.07) is 5.61. The first-order chi connectivity index (χ1) is 5.33. The predicted molar refractivity (Wildman–Crippen MR) is 46.0 cm³/mol. The molecule has 0 amide bonds. The number of pyridine rings is 1. The Morgan fingerprint density at radius 2 is 2.55 bits per heavy atom. The van der Waals surface area contributed by atoms with Gasteiger partial charge in [0.25, 0.3) is 0 Å². The second-order valence-corrected chi connectivity index (χ2v) is 2.69. The highest BCUT2D eigenvalue weighted by molar-refractivity contribution is 9.10. The summed E-state index contributed by atoms with van der Waals surface area (Å²) in [6.45, 7) is 0.316. The van der Waals surface area contributed by atoms with Crippen molar-refractivity contribution in [3.63, 3.8) is 0 Å². The van der Waals surface area contributed by atoms with Gasteiger partial charge in [-0.25, -0.2) is 4.98 Å². The minimum atomic E-state index is 0.316. The Kier molecular flexibility index (Phi) is 2.87. The van der Waals surface area contributed by atoms with Gasteiger partial charge in [0.1, 0.15) is 11.1 Å². The molecule has 56 valence electrons. The maximum absolute atomic E-state index is 8.26. The predicted octanol–water partition coefficient (Wildman–Crippen LogP) is 1.78. The Hall–Kier alpha value is -1.08. The van der Waals surface area contributed by atoms with Gasteiger partial charge in [0.15, 0.2) is 0 Å². The van der Waals surface area contributed by atoms with Crippen LogP contribution < -0.4 is 5.32 Å². The Morgan fingerprint density at radius 3 is 3.18 bits per heavy atom. The van der Waals surface area contributed by atoms with Crippen molar-refractivity contribution in [1.29, 1.82) is 5.26 Å². The molecule has 0 aliphatic rings. The molecule has 11 heavy (non-hydrogen) atoms. The molecule has 0 aliphatic carbocycles. The highest BCUT2D eigenvalue weighted by Gasteiger charge is 1.90. The molecule has 0 bridgehead atoms. The molecule has 1 N–H and O–H groups in total. The zero-order chi connectivity index (χ0) is 8.10. The lowest BCUT2D eigenvalue weighted by Crippen LogP contribution is -1.97. The van der Waals surface area contributed by atoms with Crippen molar-refractivity contribution in [3.8, 4) is 6.07 Å². The molecule has 4 heteroatoms. The van der Waals surface area contributed by atoms with E-state index < -0.39 is 0 Å². The van der Waals surface area contributed by atoms with Crippen molar-refractivity contribution in [2.75, 3.05) is 11.9 Å². The van der Waals surface area contributed by atoms with Crippen LogP contribution >= 0.6 is 15.9 Å². The molecule has 0 aliphatic heterocycles. The van der Waals surface area contributed by atoms with Crippen LogP contribution in [-0.2, 0) is 0 Å². The first-order valence-corrected chi connectivity index (χ1v) is 3.84. The molecule has 0 fully saturated rings. The van der Waals surface area contributed by atoms with Gasteiger partial charge in [0.2, 0.25) is 0 Å². The van der Waals surface area contributed by atoms with E-state index in [4.69, 9.17) is 5.26 Å². The first kappa shape index (κ1) is 8.02. The summed E-state index contributed by atoms with van der Waals surface area (Å²) in [7, 11) is 0. The van der Waals surface area contributed by atoms with E-state index in [1.54, 1.807) is 6.20 Å². The molecule has 1 aromatic rings. The SMILES string of the molecule is N#CCNc1ccnc(Br)c1. The van der Waals surface area contributed by atoms with Crippen LogP contribution in [0.2, 0.25) is 0 Å². The average molecular weight is 212 g/mol. The zero-order valence-corrected chi connectivity index (χ0v) is 7.30.